The van der Waals surface area contributed by atoms with E-state index < -0.39 is 0 Å². The van der Waals surface area contributed by atoms with Crippen LogP contribution in [0.1, 0.15) is 36.1 Å². The summed E-state index contributed by atoms with van der Waals surface area (Å²) < 4.78 is 1.06. The molecule has 0 fully saturated rings. The van der Waals surface area contributed by atoms with Crippen molar-refractivity contribution in [3.8, 4) is 0 Å². The van der Waals surface area contributed by atoms with E-state index in [0.717, 1.165) is 4.20 Å². The van der Waals surface area contributed by atoms with Gasteiger partial charge in [-0.3, -0.25) is 0 Å². The third kappa shape index (κ3) is 3.92. The highest BCUT2D eigenvalue weighted by Gasteiger charge is 2.15. The van der Waals surface area contributed by atoms with E-state index in [4.69, 9.17) is 12.2 Å². The lowest BCUT2D eigenvalue weighted by atomic mass is 10.0. The molecule has 0 radical (unpaired) electrons. The van der Waals surface area contributed by atoms with Crippen molar-refractivity contribution in [2.45, 2.75) is 25.0 Å². The van der Waals surface area contributed by atoms with Gasteiger partial charge in [-0.1, -0.05) is 79.8 Å². The maximum atomic E-state index is 5.60. The van der Waals surface area contributed by atoms with Crippen LogP contribution >= 0.6 is 24.0 Å². The molecule has 2 heteroatoms. The highest BCUT2D eigenvalue weighted by atomic mass is 32.2. The molecule has 0 nitrogen and oxygen atoms in total. The molecule has 0 heterocycles. The quantitative estimate of drug-likeness (QED) is 0.670. The predicted molar refractivity (Wildman–Crippen MR) is 89.9 cm³/mol. The first-order chi connectivity index (χ1) is 9.18. The van der Waals surface area contributed by atoms with Gasteiger partial charge in [0.05, 0.1) is 4.20 Å². The lowest BCUT2D eigenvalue weighted by Gasteiger charge is -2.17. The van der Waals surface area contributed by atoms with E-state index >= 15 is 0 Å². The summed E-state index contributed by atoms with van der Waals surface area (Å²) in [6.07, 6.45) is 0. The molecule has 19 heavy (non-hydrogen) atoms. The van der Waals surface area contributed by atoms with Gasteiger partial charge in [-0.15, -0.1) is 11.8 Å². The number of thiocarbonyl (C=S) groups is 1. The average Bonchev–Trinajstić information content (AvgIpc) is 2.48. The zero-order valence-corrected chi connectivity index (χ0v) is 12.9. The molecule has 2 aromatic rings. The SMILES string of the molecule is CC(SC(=S)C(C)c1ccccc1)c1ccccc1. The lowest BCUT2D eigenvalue weighted by molar-refractivity contribution is 1.05. The van der Waals surface area contributed by atoms with E-state index in [1.165, 1.54) is 11.1 Å². The maximum absolute atomic E-state index is 5.60. The van der Waals surface area contributed by atoms with Crippen LogP contribution in [0.4, 0.5) is 0 Å². The van der Waals surface area contributed by atoms with Crippen LogP contribution in [0.5, 0.6) is 0 Å². The first kappa shape index (κ1) is 14.3. The number of hydrogen-bond donors (Lipinski definition) is 0. The second kappa shape index (κ2) is 6.88. The Morgan fingerprint density at radius 2 is 1.32 bits per heavy atom. The number of thioether (sulfide) groups is 1. The van der Waals surface area contributed by atoms with Crippen molar-refractivity contribution in [3.63, 3.8) is 0 Å². The lowest BCUT2D eigenvalue weighted by Crippen LogP contribution is -2.04. The fourth-order valence-corrected chi connectivity index (χ4v) is 3.50. The minimum Gasteiger partial charge on any atom is -0.110 e. The Kier molecular flexibility index (Phi) is 5.17. The molecule has 0 aliphatic rings. The number of rotatable bonds is 4. The number of hydrogen-bond acceptors (Lipinski definition) is 2. The molecule has 0 aromatic heterocycles. The Hall–Kier alpha value is -1.12. The van der Waals surface area contributed by atoms with Gasteiger partial charge in [-0.05, 0) is 18.1 Å². The minimum absolute atomic E-state index is 0.312. The molecule has 0 spiro atoms. The van der Waals surface area contributed by atoms with Crippen LogP contribution < -0.4 is 0 Å². The van der Waals surface area contributed by atoms with E-state index in [1.54, 1.807) is 11.8 Å². The Balaban J connectivity index is 2.02. The van der Waals surface area contributed by atoms with E-state index in [2.05, 4.69) is 62.4 Å². The van der Waals surface area contributed by atoms with Crippen molar-refractivity contribution in [1.82, 2.24) is 0 Å². The summed E-state index contributed by atoms with van der Waals surface area (Å²) in [6, 6.07) is 21.0. The molecule has 98 valence electrons. The topological polar surface area (TPSA) is 0 Å². The maximum Gasteiger partial charge on any atom is 0.0556 e. The Morgan fingerprint density at radius 1 is 0.842 bits per heavy atom. The predicted octanol–water partition coefficient (Wildman–Crippen LogP) is 5.61. The largest absolute Gasteiger partial charge is 0.110 e. The zero-order valence-electron chi connectivity index (χ0n) is 11.2. The van der Waals surface area contributed by atoms with Crippen LogP contribution in [0, 0.1) is 0 Å². The van der Waals surface area contributed by atoms with E-state index in [0.29, 0.717) is 11.2 Å². The standard InChI is InChI=1S/C17H18S2/c1-13(15-9-5-3-6-10-15)17(18)19-14(2)16-11-7-4-8-12-16/h3-14H,1-2H3. The third-order valence-electron chi connectivity index (χ3n) is 3.22. The fourth-order valence-electron chi connectivity index (χ4n) is 1.95. The normalized spacial score (nSPS) is 13.8. The number of benzene rings is 2. The smallest absolute Gasteiger partial charge is 0.0556 e. The van der Waals surface area contributed by atoms with E-state index in [1.807, 2.05) is 12.1 Å². The van der Waals surface area contributed by atoms with Gasteiger partial charge in [-0.2, -0.15) is 0 Å². The van der Waals surface area contributed by atoms with Crippen LogP contribution in [0.15, 0.2) is 60.7 Å². The van der Waals surface area contributed by atoms with Crippen molar-refractivity contribution < 1.29 is 0 Å². The van der Waals surface area contributed by atoms with Gasteiger partial charge in [0, 0.05) is 11.2 Å². The van der Waals surface area contributed by atoms with Gasteiger partial charge in [0.2, 0.25) is 0 Å². The van der Waals surface area contributed by atoms with Gasteiger partial charge >= 0.3 is 0 Å². The van der Waals surface area contributed by atoms with Crippen LogP contribution in [-0.2, 0) is 0 Å². The molecule has 0 saturated heterocycles. The molecular weight excluding hydrogens is 268 g/mol. The molecule has 0 saturated carbocycles. The highest BCUT2D eigenvalue weighted by molar-refractivity contribution is 8.23. The van der Waals surface area contributed by atoms with Crippen molar-refractivity contribution in [2.24, 2.45) is 0 Å². The second-order valence-electron chi connectivity index (χ2n) is 4.62. The van der Waals surface area contributed by atoms with Gasteiger partial charge in [0.25, 0.3) is 0 Å². The summed E-state index contributed by atoms with van der Waals surface area (Å²) in [5.74, 6) is 0.312. The molecule has 2 rings (SSSR count). The van der Waals surface area contributed by atoms with Crippen LogP contribution in [0.3, 0.4) is 0 Å². The Labute approximate surface area is 125 Å². The summed E-state index contributed by atoms with van der Waals surface area (Å²) in [5, 5.41) is 0.403. The van der Waals surface area contributed by atoms with Crippen molar-refractivity contribution in [3.05, 3.63) is 71.8 Å². The first-order valence-electron chi connectivity index (χ1n) is 6.49. The molecule has 0 amide bonds. The van der Waals surface area contributed by atoms with Gasteiger partial charge in [0.15, 0.2) is 0 Å². The van der Waals surface area contributed by atoms with Crippen LogP contribution in [-0.4, -0.2) is 4.20 Å². The molecule has 2 aromatic carbocycles. The Bertz CT molecular complexity index is 519. The third-order valence-corrected chi connectivity index (χ3v) is 5.07. The molecule has 0 N–H and O–H groups in total. The minimum atomic E-state index is 0.312. The summed E-state index contributed by atoms with van der Waals surface area (Å²) in [6.45, 7) is 4.40. The Morgan fingerprint density at radius 3 is 1.84 bits per heavy atom. The summed E-state index contributed by atoms with van der Waals surface area (Å²) in [7, 11) is 0. The monoisotopic (exact) mass is 286 g/mol. The molecule has 2 unspecified atom stereocenters. The van der Waals surface area contributed by atoms with E-state index in [9.17, 15) is 0 Å². The summed E-state index contributed by atoms with van der Waals surface area (Å²) in [5.41, 5.74) is 2.62. The molecule has 0 bridgehead atoms. The van der Waals surface area contributed by atoms with E-state index in [-0.39, 0.29) is 0 Å². The average molecular weight is 286 g/mol. The highest BCUT2D eigenvalue weighted by Crippen LogP contribution is 2.34. The van der Waals surface area contributed by atoms with Gasteiger partial charge in [0.1, 0.15) is 0 Å². The van der Waals surface area contributed by atoms with Crippen molar-refractivity contribution in [1.29, 1.82) is 0 Å². The molecule has 0 aliphatic heterocycles. The summed E-state index contributed by atoms with van der Waals surface area (Å²) in [4.78, 5) is 0. The molecule has 0 aliphatic carbocycles. The van der Waals surface area contributed by atoms with Crippen LogP contribution in [0.25, 0.3) is 0 Å². The van der Waals surface area contributed by atoms with Gasteiger partial charge < -0.3 is 0 Å². The zero-order chi connectivity index (χ0) is 13.7. The van der Waals surface area contributed by atoms with Gasteiger partial charge in [-0.25, -0.2) is 0 Å². The van der Waals surface area contributed by atoms with Crippen molar-refractivity contribution >= 4 is 28.2 Å². The fraction of sp³-hybridized carbons (Fsp3) is 0.235. The second-order valence-corrected chi connectivity index (χ2v) is 6.70. The first-order valence-corrected chi connectivity index (χ1v) is 7.77. The molecule has 2 atom stereocenters. The summed E-state index contributed by atoms with van der Waals surface area (Å²) >= 11 is 7.38. The molecular formula is C17H18S2. The van der Waals surface area contributed by atoms with Crippen LogP contribution in [0.2, 0.25) is 0 Å². The van der Waals surface area contributed by atoms with Crippen molar-refractivity contribution in [2.75, 3.05) is 0 Å².